The summed E-state index contributed by atoms with van der Waals surface area (Å²) in [6.07, 6.45) is 1.52. The molecule has 2 amide bonds. The fraction of sp³-hybridized carbons (Fsp3) is 0.333. The molecule has 0 saturated carbocycles. The number of benzene rings is 2. The van der Waals surface area contributed by atoms with Crippen molar-refractivity contribution >= 4 is 23.2 Å². The van der Waals surface area contributed by atoms with E-state index in [-0.39, 0.29) is 36.8 Å². The Morgan fingerprint density at radius 3 is 2.62 bits per heavy atom. The monoisotopic (exact) mass is 480 g/mol. The van der Waals surface area contributed by atoms with Crippen molar-refractivity contribution in [2.24, 2.45) is 0 Å². The zero-order valence-corrected chi connectivity index (χ0v) is 20.1. The zero-order valence-electron chi connectivity index (χ0n) is 19.3. The van der Waals surface area contributed by atoms with E-state index in [0.717, 1.165) is 29.5 Å². The second-order valence-electron chi connectivity index (χ2n) is 8.38. The third-order valence-corrected chi connectivity index (χ3v) is 6.98. The maximum atomic E-state index is 13.6. The van der Waals surface area contributed by atoms with Crippen molar-refractivity contribution in [2.75, 3.05) is 26.2 Å². The molecule has 4 rings (SSSR count). The molecule has 0 spiro atoms. The molecule has 1 aliphatic heterocycles. The van der Waals surface area contributed by atoms with Gasteiger partial charge in [0, 0.05) is 18.0 Å². The summed E-state index contributed by atoms with van der Waals surface area (Å²) in [5, 5.41) is 2.03. The number of halogens is 1. The van der Waals surface area contributed by atoms with Gasteiger partial charge in [0.15, 0.2) is 0 Å². The summed E-state index contributed by atoms with van der Waals surface area (Å²) in [7, 11) is 0. The Labute approximate surface area is 203 Å². The Morgan fingerprint density at radius 1 is 1.12 bits per heavy atom. The molecule has 0 saturated heterocycles. The summed E-state index contributed by atoms with van der Waals surface area (Å²) in [5.74, 6) is -0.619. The van der Waals surface area contributed by atoms with Gasteiger partial charge in [-0.1, -0.05) is 49.4 Å². The van der Waals surface area contributed by atoms with Gasteiger partial charge in [0.2, 0.25) is 11.8 Å². The summed E-state index contributed by atoms with van der Waals surface area (Å²) in [5.41, 5.74) is 2.94. The van der Waals surface area contributed by atoms with Crippen LogP contribution in [0.5, 0.6) is 0 Å². The van der Waals surface area contributed by atoms with Gasteiger partial charge in [-0.3, -0.25) is 9.59 Å². The topological polar surface area (TPSA) is 49.9 Å². The van der Waals surface area contributed by atoms with Crippen LogP contribution in [0.25, 0.3) is 0 Å². The third-order valence-electron chi connectivity index (χ3n) is 5.98. The van der Waals surface area contributed by atoms with Gasteiger partial charge in [0.25, 0.3) is 0 Å². The van der Waals surface area contributed by atoms with Gasteiger partial charge < -0.3 is 14.5 Å². The molecular weight excluding hydrogens is 451 g/mol. The highest BCUT2D eigenvalue weighted by atomic mass is 32.1. The molecule has 3 aromatic rings. The van der Waals surface area contributed by atoms with Crippen LogP contribution in [0.4, 0.5) is 4.39 Å². The number of hydrogen-bond acceptors (Lipinski definition) is 4. The second kappa shape index (κ2) is 11.4. The smallest absolute Gasteiger partial charge is 0.249 e. The van der Waals surface area contributed by atoms with Gasteiger partial charge in [0.05, 0.1) is 19.2 Å². The largest absolute Gasteiger partial charge is 0.367 e. The fourth-order valence-electron chi connectivity index (χ4n) is 4.33. The van der Waals surface area contributed by atoms with E-state index in [9.17, 15) is 14.0 Å². The molecule has 0 fully saturated rings. The van der Waals surface area contributed by atoms with Crippen LogP contribution in [-0.2, 0) is 27.4 Å². The van der Waals surface area contributed by atoms with Gasteiger partial charge >= 0.3 is 0 Å². The van der Waals surface area contributed by atoms with Crippen LogP contribution >= 0.6 is 11.3 Å². The van der Waals surface area contributed by atoms with E-state index < -0.39 is 0 Å². The summed E-state index contributed by atoms with van der Waals surface area (Å²) < 4.78 is 19.2. The van der Waals surface area contributed by atoms with E-state index in [1.54, 1.807) is 28.4 Å². The minimum absolute atomic E-state index is 0.00145. The molecule has 1 unspecified atom stereocenters. The second-order valence-corrected chi connectivity index (χ2v) is 9.38. The molecule has 2 aromatic carbocycles. The van der Waals surface area contributed by atoms with E-state index in [1.165, 1.54) is 17.0 Å². The number of hydrogen-bond donors (Lipinski definition) is 0. The highest BCUT2D eigenvalue weighted by molar-refractivity contribution is 7.10. The summed E-state index contributed by atoms with van der Waals surface area (Å²) in [6, 6.07) is 17.8. The molecule has 0 radical (unpaired) electrons. The quantitative estimate of drug-likeness (QED) is 0.441. The van der Waals surface area contributed by atoms with Crippen LogP contribution in [0.2, 0.25) is 0 Å². The number of carbonyl (C=O) groups is 2. The first-order valence-electron chi connectivity index (χ1n) is 11.6. The van der Waals surface area contributed by atoms with Crippen molar-refractivity contribution in [3.63, 3.8) is 0 Å². The predicted molar refractivity (Wildman–Crippen MR) is 131 cm³/mol. The summed E-state index contributed by atoms with van der Waals surface area (Å²) in [6.45, 7) is 3.30. The lowest BCUT2D eigenvalue weighted by atomic mass is 9.93. The maximum Gasteiger partial charge on any atom is 0.249 e. The standard InChI is InChI=1S/C27H29FN2O3S/c1-2-14-29(26(32)19-33-18-20-6-4-3-5-7-20)17-25(31)30-15-12-24-23(13-16-34-24)27(30)21-8-10-22(28)11-9-21/h3-11,13,16,27H,2,12,14-15,17-19H2,1H3. The van der Waals surface area contributed by atoms with Gasteiger partial charge in [-0.15, -0.1) is 11.3 Å². The van der Waals surface area contributed by atoms with Crippen molar-refractivity contribution in [3.05, 3.63) is 93.4 Å². The Kier molecular flexibility index (Phi) is 8.08. The lowest BCUT2D eigenvalue weighted by Gasteiger charge is -2.37. The molecule has 34 heavy (non-hydrogen) atoms. The van der Waals surface area contributed by atoms with E-state index in [0.29, 0.717) is 19.7 Å². The van der Waals surface area contributed by atoms with Crippen molar-refractivity contribution in [1.82, 2.24) is 9.80 Å². The van der Waals surface area contributed by atoms with E-state index >= 15 is 0 Å². The number of carbonyl (C=O) groups excluding carboxylic acids is 2. The van der Waals surface area contributed by atoms with Crippen molar-refractivity contribution < 1.29 is 18.7 Å². The molecule has 0 bridgehead atoms. The molecule has 0 aliphatic carbocycles. The molecular formula is C27H29FN2O3S. The molecule has 5 nitrogen and oxygen atoms in total. The van der Waals surface area contributed by atoms with Crippen molar-refractivity contribution in [3.8, 4) is 0 Å². The third kappa shape index (κ3) is 5.72. The minimum atomic E-state index is -0.307. The molecule has 7 heteroatoms. The van der Waals surface area contributed by atoms with Gasteiger partial charge in [-0.05, 0) is 53.1 Å². The molecule has 178 valence electrons. The van der Waals surface area contributed by atoms with Gasteiger partial charge in [0.1, 0.15) is 12.4 Å². The number of ether oxygens (including phenoxy) is 1. The SMILES string of the molecule is CCCN(CC(=O)N1CCc2sccc2C1c1ccc(F)cc1)C(=O)COCc1ccccc1. The van der Waals surface area contributed by atoms with Crippen LogP contribution in [0.1, 0.15) is 41.0 Å². The van der Waals surface area contributed by atoms with Crippen LogP contribution in [0.3, 0.4) is 0 Å². The number of amides is 2. The highest BCUT2D eigenvalue weighted by Crippen LogP contribution is 2.37. The molecule has 1 atom stereocenters. The molecule has 0 N–H and O–H groups in total. The van der Waals surface area contributed by atoms with Crippen LogP contribution < -0.4 is 0 Å². The minimum Gasteiger partial charge on any atom is -0.367 e. The Hall–Kier alpha value is -3.03. The Balaban J connectivity index is 1.45. The normalized spacial score (nSPS) is 15.1. The van der Waals surface area contributed by atoms with Crippen LogP contribution in [-0.4, -0.2) is 47.9 Å². The summed E-state index contributed by atoms with van der Waals surface area (Å²) >= 11 is 1.68. The number of nitrogens with zero attached hydrogens (tertiary/aromatic N) is 2. The van der Waals surface area contributed by atoms with Gasteiger partial charge in [-0.2, -0.15) is 0 Å². The Morgan fingerprint density at radius 2 is 1.88 bits per heavy atom. The lowest BCUT2D eigenvalue weighted by molar-refractivity contribution is -0.144. The van der Waals surface area contributed by atoms with Crippen molar-refractivity contribution in [1.29, 1.82) is 0 Å². The number of fused-ring (bicyclic) bond motifs is 1. The highest BCUT2D eigenvalue weighted by Gasteiger charge is 2.33. The average molecular weight is 481 g/mol. The van der Waals surface area contributed by atoms with E-state index in [4.69, 9.17) is 4.74 Å². The number of thiophene rings is 1. The van der Waals surface area contributed by atoms with E-state index in [1.807, 2.05) is 53.6 Å². The van der Waals surface area contributed by atoms with Crippen molar-refractivity contribution in [2.45, 2.75) is 32.4 Å². The molecule has 1 aliphatic rings. The predicted octanol–water partition coefficient (Wildman–Crippen LogP) is 4.82. The van der Waals surface area contributed by atoms with Crippen LogP contribution in [0, 0.1) is 5.82 Å². The number of rotatable bonds is 9. The fourth-order valence-corrected chi connectivity index (χ4v) is 5.23. The average Bonchev–Trinajstić information content (AvgIpc) is 3.33. The first kappa shape index (κ1) is 24.1. The first-order chi connectivity index (χ1) is 16.6. The van der Waals surface area contributed by atoms with E-state index in [2.05, 4.69) is 0 Å². The first-order valence-corrected chi connectivity index (χ1v) is 12.5. The zero-order chi connectivity index (χ0) is 23.9. The summed E-state index contributed by atoms with van der Waals surface area (Å²) in [4.78, 5) is 31.0. The molecule has 1 aromatic heterocycles. The lowest BCUT2D eigenvalue weighted by Crippen LogP contribution is -2.47. The van der Waals surface area contributed by atoms with Crippen LogP contribution in [0.15, 0.2) is 66.0 Å². The molecule has 2 heterocycles. The Bertz CT molecular complexity index is 1100. The van der Waals surface area contributed by atoms with Gasteiger partial charge in [-0.25, -0.2) is 4.39 Å². The maximum absolute atomic E-state index is 13.6.